The highest BCUT2D eigenvalue weighted by atomic mass is 79.9. The van der Waals surface area contributed by atoms with Crippen molar-refractivity contribution in [1.82, 2.24) is 5.43 Å². The summed E-state index contributed by atoms with van der Waals surface area (Å²) >= 11 is 9.59. The van der Waals surface area contributed by atoms with Crippen molar-refractivity contribution in [3.05, 3.63) is 111 Å². The lowest BCUT2D eigenvalue weighted by Crippen LogP contribution is -2.20. The maximum Gasteiger partial charge on any atom is 0.271 e. The Balaban J connectivity index is 1.39. The normalized spacial score (nSPS) is 10.7. The Morgan fingerprint density at radius 1 is 0.841 bits per heavy atom. The quantitative estimate of drug-likeness (QED) is 0.107. The number of carbonyl (C=O) groups excluding carboxylic acids is 2. The maximum atomic E-state index is 12.9. The number of amides is 2. The van der Waals surface area contributed by atoms with Crippen molar-refractivity contribution in [3.63, 3.8) is 0 Å². The average molecular weight is 681 g/mol. The summed E-state index contributed by atoms with van der Waals surface area (Å²) in [7, 11) is 0. The van der Waals surface area contributed by atoms with E-state index in [9.17, 15) is 9.59 Å². The molecule has 0 aliphatic carbocycles. The van der Waals surface area contributed by atoms with Crippen LogP contribution in [0.3, 0.4) is 0 Å². The summed E-state index contributed by atoms with van der Waals surface area (Å²) in [5.74, 6) is 0.927. The first-order valence-electron chi connectivity index (χ1n) is 13.8. The molecular weight excluding hydrogens is 650 g/mol. The summed E-state index contributed by atoms with van der Waals surface area (Å²) in [5, 5.41) is 7.24. The molecule has 0 saturated heterocycles. The molecule has 0 bridgehead atoms. The monoisotopic (exact) mass is 679 g/mol. The van der Waals surface area contributed by atoms with E-state index in [1.165, 1.54) is 6.21 Å². The molecule has 0 atom stereocenters. The van der Waals surface area contributed by atoms with Gasteiger partial charge in [-0.1, -0.05) is 54.1 Å². The van der Waals surface area contributed by atoms with Crippen molar-refractivity contribution >= 4 is 51.2 Å². The van der Waals surface area contributed by atoms with Crippen LogP contribution < -0.4 is 29.7 Å². The van der Waals surface area contributed by atoms with Crippen LogP contribution in [0.15, 0.2) is 94.5 Å². The number of para-hydroxylation sites is 1. The zero-order valence-corrected chi connectivity index (χ0v) is 26.5. The first-order chi connectivity index (χ1) is 21.4. The predicted molar refractivity (Wildman–Crippen MR) is 174 cm³/mol. The molecule has 4 aromatic carbocycles. The number of anilines is 1. The number of benzene rings is 4. The van der Waals surface area contributed by atoms with Gasteiger partial charge in [-0.15, -0.1) is 0 Å². The van der Waals surface area contributed by atoms with Crippen LogP contribution in [0.5, 0.6) is 23.0 Å². The fourth-order valence-corrected chi connectivity index (χ4v) is 4.71. The van der Waals surface area contributed by atoms with Crippen LogP contribution in [-0.4, -0.2) is 37.8 Å². The van der Waals surface area contributed by atoms with Crippen LogP contribution in [0.25, 0.3) is 0 Å². The van der Waals surface area contributed by atoms with Crippen LogP contribution in [0.2, 0.25) is 5.02 Å². The topological polar surface area (TPSA) is 107 Å². The lowest BCUT2D eigenvalue weighted by molar-refractivity contribution is -0.118. The molecule has 4 rings (SSSR count). The van der Waals surface area contributed by atoms with Crippen molar-refractivity contribution in [1.29, 1.82) is 0 Å². The van der Waals surface area contributed by atoms with E-state index in [-0.39, 0.29) is 12.5 Å². The van der Waals surface area contributed by atoms with Gasteiger partial charge in [0.15, 0.2) is 29.6 Å². The third-order valence-electron chi connectivity index (χ3n) is 5.95. The van der Waals surface area contributed by atoms with Gasteiger partial charge in [0.25, 0.3) is 11.8 Å². The molecule has 0 saturated carbocycles. The van der Waals surface area contributed by atoms with Crippen LogP contribution in [0, 0.1) is 0 Å². The summed E-state index contributed by atoms with van der Waals surface area (Å²) in [4.78, 5) is 25.3. The molecule has 0 spiro atoms. The van der Waals surface area contributed by atoms with Gasteiger partial charge in [-0.05, 0) is 83.4 Å². The number of carbonyl (C=O) groups is 2. The third kappa shape index (κ3) is 9.23. The second kappa shape index (κ2) is 16.3. The SMILES string of the molecule is CCOc1cc(C(=O)N/N=C/c2cc(Br)c(OCC(=O)Nc3ccccc3Cl)c(OCC)c2)ccc1OCc1ccccc1. The number of ether oxygens (including phenoxy) is 4. The molecule has 0 unspecified atom stereocenters. The molecule has 0 fully saturated rings. The lowest BCUT2D eigenvalue weighted by Gasteiger charge is -2.15. The summed E-state index contributed by atoms with van der Waals surface area (Å²) < 4.78 is 23.7. The molecule has 11 heteroatoms. The maximum absolute atomic E-state index is 12.9. The van der Waals surface area contributed by atoms with E-state index in [0.717, 1.165) is 5.56 Å². The zero-order chi connectivity index (χ0) is 31.3. The number of hydrazone groups is 1. The molecule has 0 aromatic heterocycles. The Kier molecular flexibility index (Phi) is 12.0. The van der Waals surface area contributed by atoms with Crippen LogP contribution >= 0.6 is 27.5 Å². The first kappa shape index (κ1) is 32.4. The number of nitrogens with one attached hydrogen (secondary N) is 2. The first-order valence-corrected chi connectivity index (χ1v) is 15.0. The minimum Gasteiger partial charge on any atom is -0.490 e. The van der Waals surface area contributed by atoms with E-state index in [1.807, 2.05) is 44.2 Å². The number of hydrogen-bond donors (Lipinski definition) is 2. The molecule has 0 radical (unpaired) electrons. The molecular formula is C33H31BrClN3O6. The molecule has 9 nitrogen and oxygen atoms in total. The molecule has 228 valence electrons. The highest BCUT2D eigenvalue weighted by Crippen LogP contribution is 2.37. The van der Waals surface area contributed by atoms with Crippen molar-refractivity contribution in [2.75, 3.05) is 25.1 Å². The van der Waals surface area contributed by atoms with Crippen LogP contribution in [0.4, 0.5) is 5.69 Å². The van der Waals surface area contributed by atoms with E-state index in [4.69, 9.17) is 30.5 Å². The molecule has 2 amide bonds. The summed E-state index contributed by atoms with van der Waals surface area (Å²) in [6, 6.07) is 25.1. The van der Waals surface area contributed by atoms with Gasteiger partial charge in [0.1, 0.15) is 6.61 Å². The van der Waals surface area contributed by atoms with Gasteiger partial charge >= 0.3 is 0 Å². The fraction of sp³-hybridized carbons (Fsp3) is 0.182. The number of nitrogens with zero attached hydrogens (tertiary/aromatic N) is 1. The highest BCUT2D eigenvalue weighted by Gasteiger charge is 2.15. The standard InChI is InChI=1S/C33H31BrClN3O6/c1-3-41-29-18-24(14-15-28(29)43-20-22-10-6-5-7-11-22)33(40)38-36-19-23-16-25(34)32(30(17-23)42-4-2)44-21-31(39)37-27-13-9-8-12-26(27)35/h5-19H,3-4,20-21H2,1-2H3,(H,37,39)(H,38,40)/b36-19+. The molecule has 0 aliphatic heterocycles. The summed E-state index contributed by atoms with van der Waals surface area (Å²) in [6.45, 7) is 4.56. The van der Waals surface area contributed by atoms with E-state index in [1.54, 1.807) is 54.6 Å². The summed E-state index contributed by atoms with van der Waals surface area (Å²) in [6.07, 6.45) is 1.47. The van der Waals surface area contributed by atoms with Gasteiger partial charge in [0, 0.05) is 5.56 Å². The van der Waals surface area contributed by atoms with Crippen LogP contribution in [0.1, 0.15) is 35.3 Å². The molecule has 44 heavy (non-hydrogen) atoms. The lowest BCUT2D eigenvalue weighted by atomic mass is 10.2. The van der Waals surface area contributed by atoms with Gasteiger partial charge in [-0.3, -0.25) is 9.59 Å². The van der Waals surface area contributed by atoms with Crippen molar-refractivity contribution < 1.29 is 28.5 Å². The minimum absolute atomic E-state index is 0.271. The Hall–Kier alpha value is -4.54. The van der Waals surface area contributed by atoms with E-state index in [2.05, 4.69) is 31.8 Å². The van der Waals surface area contributed by atoms with Gasteiger partial charge in [0.05, 0.1) is 34.6 Å². The molecule has 0 aliphatic rings. The predicted octanol–water partition coefficient (Wildman–Crippen LogP) is 7.26. The minimum atomic E-state index is -0.426. The molecule has 4 aromatic rings. The second-order valence-electron chi connectivity index (χ2n) is 9.15. The summed E-state index contributed by atoms with van der Waals surface area (Å²) in [5.41, 5.74) is 5.01. The van der Waals surface area contributed by atoms with Crippen LogP contribution in [-0.2, 0) is 11.4 Å². The highest BCUT2D eigenvalue weighted by molar-refractivity contribution is 9.10. The zero-order valence-electron chi connectivity index (χ0n) is 24.1. The Morgan fingerprint density at radius 3 is 2.32 bits per heavy atom. The third-order valence-corrected chi connectivity index (χ3v) is 6.87. The Bertz CT molecular complexity index is 1620. The average Bonchev–Trinajstić information content (AvgIpc) is 3.02. The van der Waals surface area contributed by atoms with Gasteiger partial charge < -0.3 is 24.3 Å². The Labute approximate surface area is 269 Å². The largest absolute Gasteiger partial charge is 0.490 e. The van der Waals surface area contributed by atoms with E-state index in [0.29, 0.717) is 69.1 Å². The molecule has 2 N–H and O–H groups in total. The van der Waals surface area contributed by atoms with Gasteiger partial charge in [-0.2, -0.15) is 5.10 Å². The van der Waals surface area contributed by atoms with E-state index < -0.39 is 5.91 Å². The Morgan fingerprint density at radius 2 is 1.57 bits per heavy atom. The molecule has 0 heterocycles. The number of hydrogen-bond acceptors (Lipinski definition) is 7. The smallest absolute Gasteiger partial charge is 0.271 e. The fourth-order valence-electron chi connectivity index (χ4n) is 3.95. The van der Waals surface area contributed by atoms with Gasteiger partial charge in [0.2, 0.25) is 0 Å². The van der Waals surface area contributed by atoms with Gasteiger partial charge in [-0.25, -0.2) is 5.43 Å². The van der Waals surface area contributed by atoms with Crippen molar-refractivity contribution in [2.24, 2.45) is 5.10 Å². The van der Waals surface area contributed by atoms with E-state index >= 15 is 0 Å². The number of halogens is 2. The van der Waals surface area contributed by atoms with Crippen molar-refractivity contribution in [2.45, 2.75) is 20.5 Å². The second-order valence-corrected chi connectivity index (χ2v) is 10.4. The van der Waals surface area contributed by atoms with Crippen molar-refractivity contribution in [3.8, 4) is 23.0 Å². The number of rotatable bonds is 14.